The summed E-state index contributed by atoms with van der Waals surface area (Å²) >= 11 is 0. The minimum atomic E-state index is -0.936. The van der Waals surface area contributed by atoms with Gasteiger partial charge in [-0.05, 0) is 14.0 Å². The molecule has 0 aromatic carbocycles. The Morgan fingerprint density at radius 1 is 1.47 bits per heavy atom. The Hall–Kier alpha value is -0.910. The van der Waals surface area contributed by atoms with Crippen molar-refractivity contribution in [2.75, 3.05) is 13.6 Å². The molecule has 0 bridgehead atoms. The van der Waals surface area contributed by atoms with Crippen molar-refractivity contribution in [1.29, 1.82) is 0 Å². The van der Waals surface area contributed by atoms with Crippen LogP contribution in [0.25, 0.3) is 0 Å². The van der Waals surface area contributed by atoms with Crippen molar-refractivity contribution in [1.82, 2.24) is 15.3 Å². The van der Waals surface area contributed by atoms with Crippen molar-refractivity contribution in [3.63, 3.8) is 0 Å². The Bertz CT molecular complexity index is 312. The van der Waals surface area contributed by atoms with Gasteiger partial charge in [-0.2, -0.15) is 0 Å². The summed E-state index contributed by atoms with van der Waals surface area (Å²) in [6.07, 6.45) is -0.980. The lowest BCUT2D eigenvalue weighted by Gasteiger charge is -2.16. The van der Waals surface area contributed by atoms with Crippen LogP contribution in [0.5, 0.6) is 0 Å². The minimum absolute atomic E-state index is 0.342. The molecular formula is C10H19N3O2. The topological polar surface area (TPSA) is 81.2 Å². The number of nitrogens with one attached hydrogen (secondary N) is 2. The lowest BCUT2D eigenvalue weighted by atomic mass is 10.1. The Morgan fingerprint density at radius 2 is 2.13 bits per heavy atom. The van der Waals surface area contributed by atoms with Crippen LogP contribution in [0.15, 0.2) is 0 Å². The highest BCUT2D eigenvalue weighted by Crippen LogP contribution is 2.18. The van der Waals surface area contributed by atoms with Gasteiger partial charge in [-0.3, -0.25) is 0 Å². The Labute approximate surface area is 89.6 Å². The third kappa shape index (κ3) is 2.77. The van der Waals surface area contributed by atoms with Gasteiger partial charge >= 0.3 is 0 Å². The fraction of sp³-hybridized carbons (Fsp3) is 0.700. The normalized spacial score (nSPS) is 15.3. The molecule has 0 saturated heterocycles. The van der Waals surface area contributed by atoms with Gasteiger partial charge < -0.3 is 20.5 Å². The second-order valence-corrected chi connectivity index (χ2v) is 3.62. The van der Waals surface area contributed by atoms with Crippen LogP contribution in [-0.4, -0.2) is 39.9 Å². The number of hydrogen-bond acceptors (Lipinski definition) is 4. The van der Waals surface area contributed by atoms with Crippen molar-refractivity contribution >= 4 is 0 Å². The lowest BCUT2D eigenvalue weighted by Crippen LogP contribution is -2.30. The fourth-order valence-electron chi connectivity index (χ4n) is 1.50. The molecule has 0 fully saturated rings. The average molecular weight is 213 g/mol. The van der Waals surface area contributed by atoms with E-state index in [0.29, 0.717) is 12.2 Å². The maximum absolute atomic E-state index is 9.84. The van der Waals surface area contributed by atoms with Gasteiger partial charge in [0.05, 0.1) is 11.8 Å². The molecule has 5 heteroatoms. The largest absolute Gasteiger partial charge is 0.389 e. The van der Waals surface area contributed by atoms with E-state index in [1.807, 2.05) is 13.8 Å². The summed E-state index contributed by atoms with van der Waals surface area (Å²) in [5, 5.41) is 22.3. The van der Waals surface area contributed by atoms with Gasteiger partial charge in [-0.1, -0.05) is 6.92 Å². The Kier molecular flexibility index (Phi) is 4.26. The molecule has 1 heterocycles. The predicted octanol–water partition coefficient (Wildman–Crippen LogP) is -0.106. The van der Waals surface area contributed by atoms with Crippen LogP contribution >= 0.6 is 0 Å². The van der Waals surface area contributed by atoms with Gasteiger partial charge in [0.25, 0.3) is 0 Å². The highest BCUT2D eigenvalue weighted by Gasteiger charge is 2.22. The number of aliphatic hydroxyl groups is 2. The van der Waals surface area contributed by atoms with Crippen LogP contribution < -0.4 is 5.32 Å². The zero-order valence-corrected chi connectivity index (χ0v) is 9.41. The third-order valence-electron chi connectivity index (χ3n) is 2.36. The van der Waals surface area contributed by atoms with E-state index in [0.717, 1.165) is 17.9 Å². The summed E-state index contributed by atoms with van der Waals surface area (Å²) in [6.45, 7) is 4.17. The molecule has 0 spiro atoms. The van der Waals surface area contributed by atoms with Crippen LogP contribution in [0.4, 0.5) is 0 Å². The van der Waals surface area contributed by atoms with E-state index in [1.54, 1.807) is 7.05 Å². The van der Waals surface area contributed by atoms with Gasteiger partial charge in [-0.25, -0.2) is 4.98 Å². The number of rotatable bonds is 5. The summed E-state index contributed by atoms with van der Waals surface area (Å²) in [4.78, 5) is 7.31. The summed E-state index contributed by atoms with van der Waals surface area (Å²) < 4.78 is 0. The third-order valence-corrected chi connectivity index (χ3v) is 2.36. The molecule has 0 aliphatic heterocycles. The first-order valence-electron chi connectivity index (χ1n) is 5.16. The minimum Gasteiger partial charge on any atom is -0.389 e. The molecule has 2 unspecified atom stereocenters. The number of aryl methyl sites for hydroxylation is 2. The molecule has 2 atom stereocenters. The molecule has 4 N–H and O–H groups in total. The molecule has 0 aliphatic rings. The monoisotopic (exact) mass is 213 g/mol. The first-order valence-corrected chi connectivity index (χ1v) is 5.16. The van der Waals surface area contributed by atoms with Crippen molar-refractivity contribution < 1.29 is 10.2 Å². The van der Waals surface area contributed by atoms with Gasteiger partial charge in [0.2, 0.25) is 0 Å². The van der Waals surface area contributed by atoms with Gasteiger partial charge in [0.15, 0.2) is 0 Å². The molecule has 15 heavy (non-hydrogen) atoms. The number of aliphatic hydroxyl groups excluding tert-OH is 2. The molecule has 0 saturated carbocycles. The first kappa shape index (κ1) is 12.2. The molecular weight excluding hydrogens is 194 g/mol. The lowest BCUT2D eigenvalue weighted by molar-refractivity contribution is 0.0175. The van der Waals surface area contributed by atoms with E-state index in [1.165, 1.54) is 0 Å². The number of hydrogen-bond donors (Lipinski definition) is 4. The molecule has 1 aromatic heterocycles. The van der Waals surface area contributed by atoms with Crippen molar-refractivity contribution in [3.8, 4) is 0 Å². The van der Waals surface area contributed by atoms with Crippen LogP contribution in [-0.2, 0) is 6.42 Å². The Balaban J connectivity index is 2.80. The second-order valence-electron chi connectivity index (χ2n) is 3.62. The van der Waals surface area contributed by atoms with E-state index in [9.17, 15) is 10.2 Å². The smallest absolute Gasteiger partial charge is 0.125 e. The first-order chi connectivity index (χ1) is 7.10. The summed E-state index contributed by atoms with van der Waals surface area (Å²) in [6, 6.07) is 0. The van der Waals surface area contributed by atoms with Gasteiger partial charge in [-0.15, -0.1) is 0 Å². The zero-order valence-electron chi connectivity index (χ0n) is 9.41. The van der Waals surface area contributed by atoms with Gasteiger partial charge in [0.1, 0.15) is 11.9 Å². The standard InChI is InChI=1S/C10H19N3O2/c1-4-8-12-6(2)9(13-8)10(15)7(14)5-11-3/h7,10-11,14-15H,4-5H2,1-3H3,(H,12,13). The molecule has 0 amide bonds. The zero-order chi connectivity index (χ0) is 11.4. The number of likely N-dealkylation sites (N-methyl/N-ethyl adjacent to an activating group) is 1. The summed E-state index contributed by atoms with van der Waals surface area (Å²) in [5.74, 6) is 0.832. The molecule has 86 valence electrons. The number of imidazole rings is 1. The van der Waals surface area contributed by atoms with Crippen molar-refractivity contribution in [3.05, 3.63) is 17.2 Å². The number of aromatic amines is 1. The fourth-order valence-corrected chi connectivity index (χ4v) is 1.50. The number of aromatic nitrogens is 2. The number of H-pyrrole nitrogens is 1. The van der Waals surface area contributed by atoms with E-state index in [4.69, 9.17) is 0 Å². The molecule has 0 aliphatic carbocycles. The van der Waals surface area contributed by atoms with Gasteiger partial charge in [0, 0.05) is 18.7 Å². The van der Waals surface area contributed by atoms with E-state index in [2.05, 4.69) is 15.3 Å². The van der Waals surface area contributed by atoms with E-state index in [-0.39, 0.29) is 0 Å². The highest BCUT2D eigenvalue weighted by molar-refractivity contribution is 5.17. The highest BCUT2D eigenvalue weighted by atomic mass is 16.3. The average Bonchev–Trinajstić information content (AvgIpc) is 2.59. The second kappa shape index (κ2) is 5.25. The molecule has 5 nitrogen and oxygen atoms in total. The quantitative estimate of drug-likeness (QED) is 0.550. The van der Waals surface area contributed by atoms with Crippen molar-refractivity contribution in [2.45, 2.75) is 32.5 Å². The summed E-state index contributed by atoms with van der Waals surface area (Å²) in [5.41, 5.74) is 1.35. The number of nitrogens with zero attached hydrogens (tertiary/aromatic N) is 1. The Morgan fingerprint density at radius 3 is 2.60 bits per heavy atom. The summed E-state index contributed by atoms with van der Waals surface area (Å²) in [7, 11) is 1.73. The van der Waals surface area contributed by atoms with Crippen LogP contribution in [0.1, 0.15) is 30.2 Å². The SMILES string of the molecule is CCc1nc(C(O)C(O)CNC)c(C)[nH]1. The van der Waals surface area contributed by atoms with Crippen LogP contribution in [0, 0.1) is 6.92 Å². The maximum atomic E-state index is 9.84. The van der Waals surface area contributed by atoms with Crippen molar-refractivity contribution in [2.24, 2.45) is 0 Å². The van der Waals surface area contributed by atoms with Crippen LogP contribution in [0.3, 0.4) is 0 Å². The molecule has 1 aromatic rings. The van der Waals surface area contributed by atoms with E-state index >= 15 is 0 Å². The van der Waals surface area contributed by atoms with Crippen LogP contribution in [0.2, 0.25) is 0 Å². The molecule has 0 radical (unpaired) electrons. The maximum Gasteiger partial charge on any atom is 0.125 e. The molecule has 1 rings (SSSR count). The van der Waals surface area contributed by atoms with E-state index < -0.39 is 12.2 Å². The predicted molar refractivity (Wildman–Crippen MR) is 57.6 cm³/mol.